The summed E-state index contributed by atoms with van der Waals surface area (Å²) in [6.07, 6.45) is 6.66. The fourth-order valence-electron chi connectivity index (χ4n) is 2.82. The molecule has 0 saturated heterocycles. The zero-order chi connectivity index (χ0) is 18.4. The zero-order valence-electron chi connectivity index (χ0n) is 15.1. The van der Waals surface area contributed by atoms with Crippen LogP contribution < -0.4 is 10.6 Å². The molecule has 1 aromatic carbocycles. The number of halogens is 1. The van der Waals surface area contributed by atoms with Gasteiger partial charge < -0.3 is 15.6 Å². The summed E-state index contributed by atoms with van der Waals surface area (Å²) in [5, 5.41) is 8.85. The summed E-state index contributed by atoms with van der Waals surface area (Å²) in [4.78, 5) is 13.1. The second kappa shape index (κ2) is 8.80. The number of benzene rings is 1. The lowest BCUT2D eigenvalue weighted by atomic mass is 10.1. The van der Waals surface area contributed by atoms with Gasteiger partial charge in [-0.1, -0.05) is 6.92 Å². The van der Waals surface area contributed by atoms with E-state index >= 15 is 0 Å². The predicted molar refractivity (Wildman–Crippen MR) is 107 cm³/mol. The molecular formula is C19H24FN5S. The highest BCUT2D eigenvalue weighted by molar-refractivity contribution is 7.11. The average Bonchev–Trinajstić information content (AvgIpc) is 3.27. The summed E-state index contributed by atoms with van der Waals surface area (Å²) in [5.74, 6) is 0.558. The number of aliphatic imine (C=N–C) groups is 1. The third-order valence-electron chi connectivity index (χ3n) is 4.22. The second-order valence-electron chi connectivity index (χ2n) is 6.00. The molecule has 0 atom stereocenters. The van der Waals surface area contributed by atoms with Crippen molar-refractivity contribution in [2.24, 2.45) is 4.99 Å². The maximum absolute atomic E-state index is 13.3. The average molecular weight is 374 g/mol. The van der Waals surface area contributed by atoms with Crippen LogP contribution in [0, 0.1) is 5.82 Å². The van der Waals surface area contributed by atoms with Crippen molar-refractivity contribution < 1.29 is 4.39 Å². The van der Waals surface area contributed by atoms with Crippen LogP contribution in [0.1, 0.15) is 22.4 Å². The van der Waals surface area contributed by atoms with E-state index in [0.29, 0.717) is 0 Å². The summed E-state index contributed by atoms with van der Waals surface area (Å²) in [6, 6.07) is 4.84. The molecule has 138 valence electrons. The number of aromatic amines is 1. The van der Waals surface area contributed by atoms with Crippen LogP contribution in [0.25, 0.3) is 10.9 Å². The predicted octanol–water partition coefficient (Wildman–Crippen LogP) is 3.28. The lowest BCUT2D eigenvalue weighted by Crippen LogP contribution is -2.39. The summed E-state index contributed by atoms with van der Waals surface area (Å²) in [7, 11) is 1.77. The third kappa shape index (κ3) is 4.60. The van der Waals surface area contributed by atoms with Crippen LogP contribution in [-0.4, -0.2) is 36.1 Å². The molecule has 7 heteroatoms. The first-order valence-corrected chi connectivity index (χ1v) is 9.65. The highest BCUT2D eigenvalue weighted by Crippen LogP contribution is 2.19. The van der Waals surface area contributed by atoms with Gasteiger partial charge in [-0.15, -0.1) is 11.3 Å². The third-order valence-corrected chi connectivity index (χ3v) is 5.42. The van der Waals surface area contributed by atoms with E-state index in [9.17, 15) is 4.39 Å². The van der Waals surface area contributed by atoms with Gasteiger partial charge in [0.25, 0.3) is 0 Å². The molecule has 3 aromatic rings. The second-order valence-corrected chi connectivity index (χ2v) is 7.20. The van der Waals surface area contributed by atoms with Crippen LogP contribution in [0.15, 0.2) is 35.6 Å². The van der Waals surface area contributed by atoms with Crippen molar-refractivity contribution in [3.8, 4) is 0 Å². The Morgan fingerprint density at radius 2 is 2.08 bits per heavy atom. The Hall–Kier alpha value is -2.41. The number of nitrogens with one attached hydrogen (secondary N) is 3. The van der Waals surface area contributed by atoms with Crippen LogP contribution in [0.4, 0.5) is 4.39 Å². The molecule has 0 fully saturated rings. The number of aryl methyl sites for hydroxylation is 1. The number of H-pyrrole nitrogens is 1. The number of fused-ring (bicyclic) bond motifs is 1. The normalized spacial score (nSPS) is 11.9. The van der Waals surface area contributed by atoms with Crippen molar-refractivity contribution in [3.05, 3.63) is 51.9 Å². The van der Waals surface area contributed by atoms with E-state index in [-0.39, 0.29) is 5.82 Å². The Morgan fingerprint density at radius 1 is 1.27 bits per heavy atom. The van der Waals surface area contributed by atoms with Gasteiger partial charge in [-0.05, 0) is 36.6 Å². The lowest BCUT2D eigenvalue weighted by molar-refractivity contribution is 0.629. The minimum atomic E-state index is -0.222. The summed E-state index contributed by atoms with van der Waals surface area (Å²) in [6.45, 7) is 3.69. The zero-order valence-corrected chi connectivity index (χ0v) is 15.9. The van der Waals surface area contributed by atoms with E-state index in [1.165, 1.54) is 17.0 Å². The van der Waals surface area contributed by atoms with Crippen molar-refractivity contribution in [1.29, 1.82) is 0 Å². The molecule has 2 heterocycles. The van der Waals surface area contributed by atoms with Crippen LogP contribution in [0.3, 0.4) is 0 Å². The highest BCUT2D eigenvalue weighted by Gasteiger charge is 2.06. The van der Waals surface area contributed by atoms with E-state index < -0.39 is 0 Å². The standard InChI is InChI=1S/C19H24FN5S/c1-3-15-12-25-18(26-15)7-9-23-19(21-2)22-8-6-13-11-24-17-10-14(20)4-5-16(13)17/h4-5,10-12,24H,3,6-9H2,1-2H3,(H2,21,22,23). The number of rotatable bonds is 7. The molecule has 5 nitrogen and oxygen atoms in total. The van der Waals surface area contributed by atoms with Gasteiger partial charge in [0.1, 0.15) is 5.82 Å². The van der Waals surface area contributed by atoms with Gasteiger partial charge in [0, 0.05) is 54.7 Å². The molecular weight excluding hydrogens is 349 g/mol. The van der Waals surface area contributed by atoms with Gasteiger partial charge in [-0.2, -0.15) is 0 Å². The van der Waals surface area contributed by atoms with Gasteiger partial charge >= 0.3 is 0 Å². The molecule has 0 radical (unpaired) electrons. The fourth-order valence-corrected chi connectivity index (χ4v) is 3.68. The minimum absolute atomic E-state index is 0.222. The molecule has 26 heavy (non-hydrogen) atoms. The molecule has 0 aliphatic heterocycles. The molecule has 0 aliphatic carbocycles. The summed E-state index contributed by atoms with van der Waals surface area (Å²) in [5.41, 5.74) is 2.00. The quantitative estimate of drug-likeness (QED) is 0.440. The van der Waals surface area contributed by atoms with Crippen molar-refractivity contribution in [2.75, 3.05) is 20.1 Å². The topological polar surface area (TPSA) is 65.1 Å². The van der Waals surface area contributed by atoms with E-state index in [4.69, 9.17) is 0 Å². The maximum atomic E-state index is 13.3. The van der Waals surface area contributed by atoms with E-state index in [1.54, 1.807) is 18.4 Å². The van der Waals surface area contributed by atoms with Gasteiger partial charge in [-0.25, -0.2) is 9.37 Å². The van der Waals surface area contributed by atoms with Crippen LogP contribution >= 0.6 is 11.3 Å². The Labute approximate surface area is 156 Å². The molecule has 0 saturated carbocycles. The molecule has 3 rings (SSSR count). The molecule has 0 aliphatic rings. The highest BCUT2D eigenvalue weighted by atomic mass is 32.1. The Kier molecular flexibility index (Phi) is 6.22. The maximum Gasteiger partial charge on any atom is 0.191 e. The van der Waals surface area contributed by atoms with Crippen LogP contribution in [-0.2, 0) is 19.3 Å². The number of guanidine groups is 1. The van der Waals surface area contributed by atoms with Gasteiger partial charge in [0.2, 0.25) is 0 Å². The first-order chi connectivity index (χ1) is 12.7. The van der Waals surface area contributed by atoms with Gasteiger partial charge in [-0.3, -0.25) is 4.99 Å². The van der Waals surface area contributed by atoms with Crippen molar-refractivity contribution in [2.45, 2.75) is 26.2 Å². The SMILES string of the molecule is CCc1cnc(CCNC(=NC)NCCc2c[nH]c3cc(F)ccc23)s1. The molecule has 3 N–H and O–H groups in total. The van der Waals surface area contributed by atoms with Crippen molar-refractivity contribution in [1.82, 2.24) is 20.6 Å². The van der Waals surface area contributed by atoms with E-state index in [2.05, 4.69) is 32.5 Å². The minimum Gasteiger partial charge on any atom is -0.361 e. The van der Waals surface area contributed by atoms with E-state index in [1.807, 2.05) is 18.5 Å². The molecule has 0 unspecified atom stereocenters. The number of hydrogen-bond acceptors (Lipinski definition) is 3. The Balaban J connectivity index is 1.45. The smallest absolute Gasteiger partial charge is 0.191 e. The molecule has 0 bridgehead atoms. The number of nitrogens with zero attached hydrogens (tertiary/aromatic N) is 2. The first-order valence-electron chi connectivity index (χ1n) is 8.83. The summed E-state index contributed by atoms with van der Waals surface area (Å²) < 4.78 is 13.3. The fraction of sp³-hybridized carbons (Fsp3) is 0.368. The van der Waals surface area contributed by atoms with Crippen LogP contribution in [0.5, 0.6) is 0 Å². The lowest BCUT2D eigenvalue weighted by Gasteiger charge is -2.11. The van der Waals surface area contributed by atoms with Crippen LogP contribution in [0.2, 0.25) is 0 Å². The van der Waals surface area contributed by atoms with Crippen molar-refractivity contribution >= 4 is 28.2 Å². The number of hydrogen-bond donors (Lipinski definition) is 3. The summed E-state index contributed by atoms with van der Waals surface area (Å²) >= 11 is 1.77. The molecule has 0 amide bonds. The molecule has 0 spiro atoms. The van der Waals surface area contributed by atoms with Gasteiger partial charge in [0.05, 0.1) is 5.01 Å². The van der Waals surface area contributed by atoms with Crippen molar-refractivity contribution in [3.63, 3.8) is 0 Å². The number of thiazole rings is 1. The Bertz CT molecular complexity index is 883. The van der Waals surface area contributed by atoms with Gasteiger partial charge in [0.15, 0.2) is 5.96 Å². The first kappa shape index (κ1) is 18.4. The number of aromatic nitrogens is 2. The van der Waals surface area contributed by atoms with E-state index in [0.717, 1.165) is 59.8 Å². The Morgan fingerprint density at radius 3 is 2.81 bits per heavy atom. The molecule has 2 aromatic heterocycles. The largest absolute Gasteiger partial charge is 0.361 e. The monoisotopic (exact) mass is 373 g/mol.